The highest BCUT2D eigenvalue weighted by Gasteiger charge is 2.51. The molecular weight excluding hydrogens is 1280 g/mol. The molecule has 2 aliphatic heterocycles. The molecule has 2 rings (SSSR count). The molecule has 2 fully saturated rings. The van der Waals surface area contributed by atoms with E-state index < -0.39 is 86.8 Å². The van der Waals surface area contributed by atoms with E-state index in [-0.39, 0.29) is 12.5 Å². The number of carbonyl (C=O) groups is 1. The van der Waals surface area contributed by atoms with Gasteiger partial charge in [0.25, 0.3) is 0 Å². The van der Waals surface area contributed by atoms with Crippen LogP contribution >= 0.6 is 0 Å². The maximum absolute atomic E-state index is 13.4. The normalized spacial score (nSPS) is 21.5. The first-order valence-corrected chi connectivity index (χ1v) is 45.3. The monoisotopic (exact) mass is 1450 g/mol. The summed E-state index contributed by atoms with van der Waals surface area (Å²) in [6.07, 6.45) is 76.2. The van der Waals surface area contributed by atoms with Crippen LogP contribution in [-0.2, 0) is 23.7 Å². The van der Waals surface area contributed by atoms with Gasteiger partial charge in [-0.05, 0) is 12.8 Å². The van der Waals surface area contributed by atoms with Crippen molar-refractivity contribution in [3.63, 3.8) is 0 Å². The van der Waals surface area contributed by atoms with Crippen molar-refractivity contribution in [2.75, 3.05) is 19.8 Å². The molecule has 12 atom stereocenters. The summed E-state index contributed by atoms with van der Waals surface area (Å²) in [5, 5.41) is 88.0. The van der Waals surface area contributed by atoms with Crippen LogP contribution in [0.3, 0.4) is 0 Å². The topological polar surface area (TPSA) is 228 Å². The van der Waals surface area contributed by atoms with Gasteiger partial charge in [-0.3, -0.25) is 4.79 Å². The van der Waals surface area contributed by atoms with Crippen LogP contribution in [-0.4, -0.2) is 140 Å². The fourth-order valence-electron chi connectivity index (χ4n) is 15.7. The highest BCUT2D eigenvalue weighted by atomic mass is 16.7. The molecule has 1 amide bonds. The summed E-state index contributed by atoms with van der Waals surface area (Å²) in [6, 6.07) is -0.826. The van der Waals surface area contributed by atoms with E-state index in [1.807, 2.05) is 0 Å². The van der Waals surface area contributed by atoms with Crippen molar-refractivity contribution in [2.24, 2.45) is 0 Å². The highest BCUT2D eigenvalue weighted by Crippen LogP contribution is 2.31. The molecule has 0 aliphatic carbocycles. The summed E-state index contributed by atoms with van der Waals surface area (Å²) in [5.41, 5.74) is 0. The lowest BCUT2D eigenvalue weighted by molar-refractivity contribution is -0.359. The smallest absolute Gasteiger partial charge is 0.220 e. The molecule has 14 nitrogen and oxygen atoms in total. The first-order valence-electron chi connectivity index (χ1n) is 45.3. The maximum atomic E-state index is 13.4. The van der Waals surface area contributed by atoms with Gasteiger partial charge in [-0.25, -0.2) is 0 Å². The van der Waals surface area contributed by atoms with Gasteiger partial charge in [0, 0.05) is 6.42 Å². The molecule has 0 spiro atoms. The van der Waals surface area contributed by atoms with Crippen LogP contribution in [0.15, 0.2) is 0 Å². The van der Waals surface area contributed by atoms with E-state index in [0.29, 0.717) is 12.8 Å². The van der Waals surface area contributed by atoms with Gasteiger partial charge in [-0.1, -0.05) is 444 Å². The average Bonchev–Trinajstić information content (AvgIpc) is 0.790. The largest absolute Gasteiger partial charge is 0.394 e. The number of amides is 1. The number of aliphatic hydroxyl groups excluding tert-OH is 8. The lowest BCUT2D eigenvalue weighted by Crippen LogP contribution is -2.65. The molecule has 0 saturated carbocycles. The van der Waals surface area contributed by atoms with Gasteiger partial charge >= 0.3 is 0 Å². The third kappa shape index (κ3) is 54.6. The number of hydrogen-bond donors (Lipinski definition) is 9. The maximum Gasteiger partial charge on any atom is 0.220 e. The van der Waals surface area contributed by atoms with Crippen LogP contribution in [0.2, 0.25) is 0 Å². The minimum absolute atomic E-state index is 0.193. The van der Waals surface area contributed by atoms with Crippen molar-refractivity contribution in [1.29, 1.82) is 0 Å². The number of hydrogen-bond acceptors (Lipinski definition) is 13. The van der Waals surface area contributed by atoms with Gasteiger partial charge < -0.3 is 65.1 Å². The molecule has 0 radical (unpaired) electrons. The van der Waals surface area contributed by atoms with Crippen molar-refractivity contribution < 1.29 is 64.6 Å². The van der Waals surface area contributed by atoms with E-state index in [2.05, 4.69) is 19.2 Å². The van der Waals surface area contributed by atoms with E-state index in [1.165, 1.54) is 385 Å². The second-order valence-corrected chi connectivity index (χ2v) is 32.5. The van der Waals surface area contributed by atoms with Gasteiger partial charge in [0.1, 0.15) is 48.8 Å². The van der Waals surface area contributed by atoms with Gasteiger partial charge in [0.2, 0.25) is 5.91 Å². The van der Waals surface area contributed by atoms with E-state index in [0.717, 1.165) is 51.4 Å². The predicted molar refractivity (Wildman–Crippen MR) is 425 cm³/mol. The van der Waals surface area contributed by atoms with Gasteiger partial charge in [0.15, 0.2) is 12.6 Å². The molecular formula is C88H173NO13. The Bertz CT molecular complexity index is 1710. The fourth-order valence-corrected chi connectivity index (χ4v) is 15.7. The highest BCUT2D eigenvalue weighted by molar-refractivity contribution is 5.76. The van der Waals surface area contributed by atoms with Crippen molar-refractivity contribution in [3.05, 3.63) is 0 Å². The zero-order valence-electron chi connectivity index (χ0n) is 67.2. The standard InChI is InChI=1S/C88H173NO13/c1-3-5-7-9-11-13-15-17-19-21-23-25-27-29-31-33-34-35-36-37-38-39-40-41-42-43-44-46-48-50-52-54-56-58-60-62-64-66-68-70-72-80(93)89-76(75-99-87-85(98)83(96)86(79(74-91)101-87)102-88-84(97)82(95)81(94)78(73-90)100-88)77(92)71-69-67-65-63-61-59-57-55-53-51-49-47-45-32-30-28-26-24-22-20-18-16-14-12-10-8-6-4-2/h76-79,81-88,90-92,94-98H,3-75H2,1-2H3,(H,89,93). The van der Waals surface area contributed by atoms with Crippen LogP contribution in [0.1, 0.15) is 463 Å². The van der Waals surface area contributed by atoms with Crippen LogP contribution in [0.5, 0.6) is 0 Å². The molecule has 0 aromatic rings. The summed E-state index contributed by atoms with van der Waals surface area (Å²) < 4.78 is 23.0. The Kier molecular flexibility index (Phi) is 69.3. The summed E-state index contributed by atoms with van der Waals surface area (Å²) in [6.45, 7) is 2.96. The lowest BCUT2D eigenvalue weighted by atomic mass is 9.97. The third-order valence-corrected chi connectivity index (χ3v) is 22.8. The van der Waals surface area contributed by atoms with Gasteiger partial charge in [0.05, 0.1) is 32.0 Å². The van der Waals surface area contributed by atoms with E-state index >= 15 is 0 Å². The Hall–Kier alpha value is -1.01. The van der Waals surface area contributed by atoms with Gasteiger partial charge in [-0.2, -0.15) is 0 Å². The number of nitrogens with one attached hydrogen (secondary N) is 1. The van der Waals surface area contributed by atoms with Crippen molar-refractivity contribution in [3.8, 4) is 0 Å². The quantitative estimate of drug-likeness (QED) is 0.0259. The minimum Gasteiger partial charge on any atom is -0.394 e. The molecule has 2 heterocycles. The second kappa shape index (κ2) is 72.8. The Balaban J connectivity index is 1.53. The number of aliphatic hydroxyl groups is 8. The summed E-state index contributed by atoms with van der Waals surface area (Å²) >= 11 is 0. The molecule has 0 aromatic heterocycles. The number of rotatable bonds is 79. The van der Waals surface area contributed by atoms with Crippen molar-refractivity contribution >= 4 is 5.91 Å². The minimum atomic E-state index is -1.78. The van der Waals surface area contributed by atoms with Crippen molar-refractivity contribution in [1.82, 2.24) is 5.32 Å². The molecule has 9 N–H and O–H groups in total. The average molecular weight is 1450 g/mol. The number of carbonyl (C=O) groups excluding carboxylic acids is 1. The Morgan fingerprint density at radius 2 is 0.559 bits per heavy atom. The lowest BCUT2D eigenvalue weighted by Gasteiger charge is -2.46. The predicted octanol–water partition coefficient (Wildman–Crippen LogP) is 21.8. The summed E-state index contributed by atoms with van der Waals surface area (Å²) in [7, 11) is 0. The van der Waals surface area contributed by atoms with Crippen LogP contribution in [0.25, 0.3) is 0 Å². The summed E-state index contributed by atoms with van der Waals surface area (Å²) in [4.78, 5) is 13.4. The zero-order chi connectivity index (χ0) is 73.7. The SMILES string of the molecule is CCCCCCCCCCCCCCCCCCCCCCCCCCCCCCCCCCCCCCCCCCC(=O)NC(COC1OC(CO)C(OC2OC(CO)C(O)C(O)C2O)C(O)C1O)C(O)CCCCCCCCCCCCCCCCCCCCCCCCCCCCCC. The molecule has 102 heavy (non-hydrogen) atoms. The Labute approximate surface area is 629 Å². The second-order valence-electron chi connectivity index (χ2n) is 32.5. The number of unbranched alkanes of at least 4 members (excludes halogenated alkanes) is 66. The number of ether oxygens (including phenoxy) is 4. The van der Waals surface area contributed by atoms with Gasteiger partial charge in [-0.15, -0.1) is 0 Å². The Morgan fingerprint density at radius 1 is 0.314 bits per heavy atom. The fraction of sp³-hybridized carbons (Fsp3) is 0.989. The molecule has 2 aliphatic rings. The molecule has 2 saturated heterocycles. The molecule has 0 aromatic carbocycles. The molecule has 12 unspecified atom stereocenters. The summed E-state index contributed by atoms with van der Waals surface area (Å²) in [5.74, 6) is -0.193. The van der Waals surface area contributed by atoms with E-state index in [9.17, 15) is 45.6 Å². The van der Waals surface area contributed by atoms with Crippen molar-refractivity contribution in [2.45, 2.75) is 537 Å². The molecule has 14 heteroatoms. The third-order valence-electron chi connectivity index (χ3n) is 22.8. The zero-order valence-corrected chi connectivity index (χ0v) is 67.2. The first-order chi connectivity index (χ1) is 50.1. The van der Waals surface area contributed by atoms with E-state index in [1.54, 1.807) is 0 Å². The molecule has 0 bridgehead atoms. The van der Waals surface area contributed by atoms with Crippen LogP contribution < -0.4 is 5.32 Å². The molecule has 608 valence electrons. The van der Waals surface area contributed by atoms with Crippen LogP contribution in [0, 0.1) is 0 Å². The van der Waals surface area contributed by atoms with Crippen LogP contribution in [0.4, 0.5) is 0 Å². The Morgan fingerprint density at radius 3 is 0.833 bits per heavy atom. The first kappa shape index (κ1) is 97.1. The van der Waals surface area contributed by atoms with E-state index in [4.69, 9.17) is 18.9 Å².